The number of rotatable bonds is 2. The zero-order chi connectivity index (χ0) is 12.5. The van der Waals surface area contributed by atoms with Crippen molar-refractivity contribution in [2.75, 3.05) is 13.1 Å². The number of hydrogen-bond donors (Lipinski definition) is 2. The van der Waals surface area contributed by atoms with Crippen LogP contribution < -0.4 is 5.73 Å². The molecule has 1 heterocycles. The quantitative estimate of drug-likeness (QED) is 0.573. The van der Waals surface area contributed by atoms with Crippen LogP contribution in [0.4, 0.5) is 0 Å². The molecule has 2 aliphatic rings. The molecule has 1 saturated heterocycles. The topological polar surface area (TPSA) is 53.1 Å². The fourth-order valence-corrected chi connectivity index (χ4v) is 3.39. The van der Waals surface area contributed by atoms with E-state index in [1.54, 1.807) is 0 Å². The van der Waals surface area contributed by atoms with Gasteiger partial charge in [0, 0.05) is 11.5 Å². The molecule has 98 valence electrons. The monoisotopic (exact) mass is 237 g/mol. The predicted molar refractivity (Wildman–Crippen MR) is 72.2 cm³/mol. The summed E-state index contributed by atoms with van der Waals surface area (Å²) in [6, 6.07) is 0.801. The molecule has 0 aromatic heterocycles. The van der Waals surface area contributed by atoms with Crippen LogP contribution >= 0.6 is 0 Å². The summed E-state index contributed by atoms with van der Waals surface area (Å²) in [4.78, 5) is 2.65. The van der Waals surface area contributed by atoms with Crippen LogP contribution in [0.2, 0.25) is 0 Å². The van der Waals surface area contributed by atoms with Gasteiger partial charge in [-0.3, -0.25) is 5.41 Å². The van der Waals surface area contributed by atoms with E-state index in [1.807, 2.05) is 0 Å². The molecule has 0 spiro atoms. The number of nitrogens with zero attached hydrogens (tertiary/aromatic N) is 1. The van der Waals surface area contributed by atoms with Gasteiger partial charge in [0.1, 0.15) is 0 Å². The lowest BCUT2D eigenvalue weighted by molar-refractivity contribution is 0.0817. The van der Waals surface area contributed by atoms with Gasteiger partial charge in [-0.1, -0.05) is 26.7 Å². The molecule has 2 fully saturated rings. The Balaban J connectivity index is 1.88. The van der Waals surface area contributed by atoms with E-state index in [2.05, 4.69) is 18.7 Å². The van der Waals surface area contributed by atoms with Gasteiger partial charge in [-0.25, -0.2) is 0 Å². The minimum Gasteiger partial charge on any atom is -0.387 e. The van der Waals surface area contributed by atoms with Gasteiger partial charge in [0.2, 0.25) is 0 Å². The minimum atomic E-state index is -0.0310. The summed E-state index contributed by atoms with van der Waals surface area (Å²) in [5, 5.41) is 7.69. The van der Waals surface area contributed by atoms with E-state index in [1.165, 1.54) is 25.7 Å². The van der Waals surface area contributed by atoms with Gasteiger partial charge in [-0.2, -0.15) is 0 Å². The molecule has 0 aromatic carbocycles. The van der Waals surface area contributed by atoms with Crippen molar-refractivity contribution in [3.8, 4) is 0 Å². The standard InChI is InChI=1S/C14H27N3/c1-11-4-3-5-12(10-11)17-8-6-14(2,7-9-17)13(15)16/h11-12H,3-10H2,1-2H3,(H3,15,16). The Bertz CT molecular complexity index is 279. The summed E-state index contributed by atoms with van der Waals surface area (Å²) in [5.74, 6) is 1.28. The molecule has 17 heavy (non-hydrogen) atoms. The summed E-state index contributed by atoms with van der Waals surface area (Å²) in [6.07, 6.45) is 7.68. The lowest BCUT2D eigenvalue weighted by Crippen LogP contribution is -2.49. The molecule has 2 atom stereocenters. The van der Waals surface area contributed by atoms with Crippen LogP contribution in [0.3, 0.4) is 0 Å². The normalized spacial score (nSPS) is 34.5. The van der Waals surface area contributed by atoms with Crippen LogP contribution in [0.5, 0.6) is 0 Å². The average molecular weight is 237 g/mol. The third kappa shape index (κ3) is 2.82. The molecule has 3 heteroatoms. The Morgan fingerprint density at radius 3 is 2.47 bits per heavy atom. The first-order chi connectivity index (χ1) is 8.01. The third-order valence-corrected chi connectivity index (χ3v) is 4.98. The average Bonchev–Trinajstić information content (AvgIpc) is 2.30. The highest BCUT2D eigenvalue weighted by Crippen LogP contribution is 2.35. The molecule has 0 aromatic rings. The molecule has 0 amide bonds. The van der Waals surface area contributed by atoms with Gasteiger partial charge in [0.25, 0.3) is 0 Å². The number of nitrogens with two attached hydrogens (primary N) is 1. The first-order valence-electron chi connectivity index (χ1n) is 7.10. The second kappa shape index (κ2) is 4.97. The molecule has 1 saturated carbocycles. The van der Waals surface area contributed by atoms with Crippen molar-refractivity contribution in [2.24, 2.45) is 17.1 Å². The van der Waals surface area contributed by atoms with Crippen molar-refractivity contribution in [3.05, 3.63) is 0 Å². The molecular weight excluding hydrogens is 210 g/mol. The van der Waals surface area contributed by atoms with E-state index >= 15 is 0 Å². The van der Waals surface area contributed by atoms with Gasteiger partial charge in [0.15, 0.2) is 0 Å². The summed E-state index contributed by atoms with van der Waals surface area (Å²) >= 11 is 0. The Morgan fingerprint density at radius 1 is 1.29 bits per heavy atom. The molecule has 0 radical (unpaired) electrons. The van der Waals surface area contributed by atoms with E-state index in [9.17, 15) is 0 Å². The van der Waals surface area contributed by atoms with E-state index < -0.39 is 0 Å². The Kier molecular flexibility index (Phi) is 3.76. The molecular formula is C14H27N3. The van der Waals surface area contributed by atoms with Crippen LogP contribution in [0.1, 0.15) is 52.4 Å². The van der Waals surface area contributed by atoms with Crippen LogP contribution in [-0.4, -0.2) is 29.9 Å². The van der Waals surface area contributed by atoms with Gasteiger partial charge in [-0.05, 0) is 44.7 Å². The highest BCUT2D eigenvalue weighted by atomic mass is 15.2. The lowest BCUT2D eigenvalue weighted by Gasteiger charge is -2.44. The number of amidine groups is 1. The number of hydrogen-bond acceptors (Lipinski definition) is 2. The van der Waals surface area contributed by atoms with Crippen LogP contribution in [0, 0.1) is 16.7 Å². The second-order valence-electron chi connectivity index (χ2n) is 6.44. The third-order valence-electron chi connectivity index (χ3n) is 4.98. The first-order valence-corrected chi connectivity index (χ1v) is 7.10. The van der Waals surface area contributed by atoms with Crippen molar-refractivity contribution in [1.29, 1.82) is 5.41 Å². The van der Waals surface area contributed by atoms with Gasteiger partial charge >= 0.3 is 0 Å². The number of likely N-dealkylation sites (tertiary alicyclic amines) is 1. The maximum atomic E-state index is 7.69. The van der Waals surface area contributed by atoms with Crippen molar-refractivity contribution < 1.29 is 0 Å². The predicted octanol–water partition coefficient (Wildman–Crippen LogP) is 2.60. The lowest BCUT2D eigenvalue weighted by atomic mass is 9.77. The van der Waals surface area contributed by atoms with E-state index in [-0.39, 0.29) is 5.41 Å². The maximum Gasteiger partial charge on any atom is 0.0966 e. The summed E-state index contributed by atoms with van der Waals surface area (Å²) in [5.41, 5.74) is 5.68. The minimum absolute atomic E-state index is 0.0310. The smallest absolute Gasteiger partial charge is 0.0966 e. The molecule has 0 bridgehead atoms. The van der Waals surface area contributed by atoms with Crippen molar-refractivity contribution in [2.45, 2.75) is 58.4 Å². The number of nitrogens with one attached hydrogen (secondary N) is 1. The van der Waals surface area contributed by atoms with Gasteiger partial charge < -0.3 is 10.6 Å². The largest absolute Gasteiger partial charge is 0.387 e. The molecule has 1 aliphatic heterocycles. The van der Waals surface area contributed by atoms with E-state index in [4.69, 9.17) is 11.1 Å². The summed E-state index contributed by atoms with van der Waals surface area (Å²) in [6.45, 7) is 6.80. The SMILES string of the molecule is CC1CCCC(N2CCC(C)(C(=N)N)CC2)C1. The zero-order valence-corrected chi connectivity index (χ0v) is 11.3. The molecule has 2 rings (SSSR count). The fourth-order valence-electron chi connectivity index (χ4n) is 3.39. The Hall–Kier alpha value is -0.570. The maximum absolute atomic E-state index is 7.69. The number of piperidine rings is 1. The Morgan fingerprint density at radius 2 is 1.94 bits per heavy atom. The van der Waals surface area contributed by atoms with E-state index in [0.29, 0.717) is 5.84 Å². The molecule has 3 N–H and O–H groups in total. The highest BCUT2D eigenvalue weighted by molar-refractivity contribution is 5.83. The van der Waals surface area contributed by atoms with Crippen LogP contribution in [0.15, 0.2) is 0 Å². The Labute approximate surface area is 105 Å². The van der Waals surface area contributed by atoms with E-state index in [0.717, 1.165) is 37.9 Å². The molecule has 1 aliphatic carbocycles. The summed E-state index contributed by atoms with van der Waals surface area (Å²) in [7, 11) is 0. The first kappa shape index (κ1) is 12.9. The second-order valence-corrected chi connectivity index (χ2v) is 6.44. The van der Waals surface area contributed by atoms with Crippen molar-refractivity contribution >= 4 is 5.84 Å². The molecule has 3 nitrogen and oxygen atoms in total. The highest BCUT2D eigenvalue weighted by Gasteiger charge is 2.35. The van der Waals surface area contributed by atoms with Gasteiger partial charge in [0.05, 0.1) is 5.84 Å². The van der Waals surface area contributed by atoms with Gasteiger partial charge in [-0.15, -0.1) is 0 Å². The zero-order valence-electron chi connectivity index (χ0n) is 11.3. The molecule has 2 unspecified atom stereocenters. The van der Waals surface area contributed by atoms with Crippen LogP contribution in [0.25, 0.3) is 0 Å². The van der Waals surface area contributed by atoms with Crippen molar-refractivity contribution in [3.63, 3.8) is 0 Å². The summed E-state index contributed by atoms with van der Waals surface area (Å²) < 4.78 is 0. The van der Waals surface area contributed by atoms with Crippen molar-refractivity contribution in [1.82, 2.24) is 4.90 Å². The fraction of sp³-hybridized carbons (Fsp3) is 0.929. The van der Waals surface area contributed by atoms with Crippen LogP contribution in [-0.2, 0) is 0 Å².